The van der Waals surface area contributed by atoms with Gasteiger partial charge >= 0.3 is 0 Å². The molecule has 1 fully saturated rings. The molecule has 0 aliphatic carbocycles. The maximum absolute atomic E-state index is 13.1. The first kappa shape index (κ1) is 15.8. The quantitative estimate of drug-likeness (QED) is 0.829. The summed E-state index contributed by atoms with van der Waals surface area (Å²) in [6.45, 7) is 7.73. The van der Waals surface area contributed by atoms with E-state index >= 15 is 0 Å². The summed E-state index contributed by atoms with van der Waals surface area (Å²) >= 11 is 1.55. The molecule has 0 radical (unpaired) electrons. The maximum atomic E-state index is 13.1. The average molecular weight is 341 g/mol. The first-order valence-corrected chi connectivity index (χ1v) is 9.46. The predicted molar refractivity (Wildman–Crippen MR) is 98.9 cm³/mol. The number of likely N-dealkylation sites (tertiary alicyclic amines) is 1. The first-order chi connectivity index (χ1) is 11.6. The number of carbonyl (C=O) groups is 1. The molecule has 1 atom stereocenters. The summed E-state index contributed by atoms with van der Waals surface area (Å²) in [5.74, 6) is 0.177. The van der Waals surface area contributed by atoms with Gasteiger partial charge in [0.15, 0.2) is 5.17 Å². The lowest BCUT2D eigenvalue weighted by Crippen LogP contribution is -2.47. The van der Waals surface area contributed by atoms with Crippen LogP contribution in [-0.4, -0.2) is 47.1 Å². The summed E-state index contributed by atoms with van der Waals surface area (Å²) in [5, 5.41) is 0.999. The highest BCUT2D eigenvalue weighted by Crippen LogP contribution is 2.39. The van der Waals surface area contributed by atoms with E-state index in [1.807, 2.05) is 4.90 Å². The summed E-state index contributed by atoms with van der Waals surface area (Å²) in [4.78, 5) is 22.7. The molecule has 5 heteroatoms. The van der Waals surface area contributed by atoms with Gasteiger partial charge in [0.1, 0.15) is 0 Å². The SMILES string of the molecule is CC1=C(C(=O)N2CCC[C@](C)(c3ccccc3)C2)SC2=NCCN21. The predicted octanol–water partition coefficient (Wildman–Crippen LogP) is 3.22. The molecule has 1 saturated heterocycles. The molecule has 24 heavy (non-hydrogen) atoms. The van der Waals surface area contributed by atoms with E-state index in [0.717, 1.165) is 54.8 Å². The van der Waals surface area contributed by atoms with Crippen LogP contribution in [0.2, 0.25) is 0 Å². The second-order valence-electron chi connectivity index (χ2n) is 7.09. The zero-order valence-corrected chi connectivity index (χ0v) is 15.1. The Labute approximate surface area is 147 Å². The van der Waals surface area contributed by atoms with Crippen LogP contribution in [0, 0.1) is 0 Å². The minimum Gasteiger partial charge on any atom is -0.337 e. The lowest BCUT2D eigenvalue weighted by atomic mass is 9.76. The third kappa shape index (κ3) is 2.55. The van der Waals surface area contributed by atoms with Crippen molar-refractivity contribution in [2.24, 2.45) is 4.99 Å². The van der Waals surface area contributed by atoms with Gasteiger partial charge in [-0.1, -0.05) is 37.3 Å². The minimum absolute atomic E-state index is 0.0422. The monoisotopic (exact) mass is 341 g/mol. The van der Waals surface area contributed by atoms with Crippen LogP contribution >= 0.6 is 11.8 Å². The summed E-state index contributed by atoms with van der Waals surface area (Å²) in [7, 11) is 0. The van der Waals surface area contributed by atoms with Crippen molar-refractivity contribution >= 4 is 22.8 Å². The largest absolute Gasteiger partial charge is 0.337 e. The molecule has 126 valence electrons. The minimum atomic E-state index is 0.0422. The van der Waals surface area contributed by atoms with Crippen LogP contribution in [-0.2, 0) is 10.2 Å². The first-order valence-electron chi connectivity index (χ1n) is 8.64. The summed E-state index contributed by atoms with van der Waals surface area (Å²) in [6.07, 6.45) is 2.18. The van der Waals surface area contributed by atoms with Gasteiger partial charge in [0.25, 0.3) is 5.91 Å². The van der Waals surface area contributed by atoms with Crippen LogP contribution in [0.4, 0.5) is 0 Å². The Morgan fingerprint density at radius 1 is 1.25 bits per heavy atom. The number of benzene rings is 1. The number of nitrogens with zero attached hydrogens (tertiary/aromatic N) is 3. The molecule has 1 aromatic carbocycles. The maximum Gasteiger partial charge on any atom is 0.262 e. The van der Waals surface area contributed by atoms with E-state index in [9.17, 15) is 4.79 Å². The number of allylic oxidation sites excluding steroid dienone is 1. The van der Waals surface area contributed by atoms with Crippen molar-refractivity contribution in [2.75, 3.05) is 26.2 Å². The fourth-order valence-corrected chi connectivity index (χ4v) is 5.09. The van der Waals surface area contributed by atoms with Gasteiger partial charge in [-0.15, -0.1) is 0 Å². The van der Waals surface area contributed by atoms with Crippen LogP contribution in [0.5, 0.6) is 0 Å². The summed E-state index contributed by atoms with van der Waals surface area (Å²) in [6, 6.07) is 10.6. The zero-order chi connectivity index (χ0) is 16.7. The zero-order valence-electron chi connectivity index (χ0n) is 14.3. The normalized spacial score (nSPS) is 26.7. The van der Waals surface area contributed by atoms with Crippen LogP contribution in [0.1, 0.15) is 32.3 Å². The van der Waals surface area contributed by atoms with E-state index in [-0.39, 0.29) is 11.3 Å². The number of amides is 1. The molecule has 4 nitrogen and oxygen atoms in total. The highest BCUT2D eigenvalue weighted by atomic mass is 32.2. The molecule has 1 amide bonds. The van der Waals surface area contributed by atoms with Crippen molar-refractivity contribution in [3.63, 3.8) is 0 Å². The molecule has 0 N–H and O–H groups in total. The van der Waals surface area contributed by atoms with Crippen LogP contribution < -0.4 is 0 Å². The van der Waals surface area contributed by atoms with E-state index < -0.39 is 0 Å². The van der Waals surface area contributed by atoms with Gasteiger partial charge in [-0.25, -0.2) is 0 Å². The van der Waals surface area contributed by atoms with Crippen molar-refractivity contribution < 1.29 is 4.79 Å². The van der Waals surface area contributed by atoms with Crippen molar-refractivity contribution in [2.45, 2.75) is 32.1 Å². The summed E-state index contributed by atoms with van der Waals surface area (Å²) < 4.78 is 0. The number of piperidine rings is 1. The molecule has 1 aromatic rings. The molecule has 3 heterocycles. The topological polar surface area (TPSA) is 35.9 Å². The van der Waals surface area contributed by atoms with E-state index in [1.165, 1.54) is 5.56 Å². The van der Waals surface area contributed by atoms with Crippen LogP contribution in [0.3, 0.4) is 0 Å². The van der Waals surface area contributed by atoms with Crippen molar-refractivity contribution in [3.8, 4) is 0 Å². The molecule has 0 bridgehead atoms. The fraction of sp³-hybridized carbons (Fsp3) is 0.474. The van der Waals surface area contributed by atoms with Crippen LogP contribution in [0.15, 0.2) is 45.9 Å². The Morgan fingerprint density at radius 2 is 2.04 bits per heavy atom. The number of hydrogen-bond acceptors (Lipinski definition) is 4. The Bertz CT molecular complexity index is 727. The van der Waals surface area contributed by atoms with E-state index in [4.69, 9.17) is 0 Å². The highest BCUT2D eigenvalue weighted by Gasteiger charge is 2.39. The molecular weight excluding hydrogens is 318 g/mol. The second kappa shape index (κ2) is 5.96. The highest BCUT2D eigenvalue weighted by molar-refractivity contribution is 8.18. The van der Waals surface area contributed by atoms with Crippen LogP contribution in [0.25, 0.3) is 0 Å². The van der Waals surface area contributed by atoms with E-state index in [0.29, 0.717) is 0 Å². The number of carbonyl (C=O) groups excluding carboxylic acids is 1. The van der Waals surface area contributed by atoms with Crippen molar-refractivity contribution in [1.29, 1.82) is 0 Å². The van der Waals surface area contributed by atoms with Gasteiger partial charge in [0.05, 0.1) is 11.4 Å². The van der Waals surface area contributed by atoms with Gasteiger partial charge in [0.2, 0.25) is 0 Å². The average Bonchev–Trinajstić information content (AvgIpc) is 3.18. The Balaban J connectivity index is 1.56. The number of amidine groups is 1. The van der Waals surface area contributed by atoms with Gasteiger partial charge in [-0.2, -0.15) is 0 Å². The molecule has 0 saturated carbocycles. The van der Waals surface area contributed by atoms with Crippen molar-refractivity contribution in [3.05, 3.63) is 46.5 Å². The molecular formula is C19H23N3OS. The van der Waals surface area contributed by atoms with Gasteiger partial charge < -0.3 is 9.80 Å². The van der Waals surface area contributed by atoms with E-state index in [1.54, 1.807) is 11.8 Å². The third-order valence-electron chi connectivity index (χ3n) is 5.38. The molecule has 0 unspecified atom stereocenters. The lowest BCUT2D eigenvalue weighted by Gasteiger charge is -2.41. The number of hydrogen-bond donors (Lipinski definition) is 0. The van der Waals surface area contributed by atoms with Gasteiger partial charge in [0, 0.05) is 30.7 Å². The number of aliphatic imine (C=N–C) groups is 1. The van der Waals surface area contributed by atoms with Crippen molar-refractivity contribution in [1.82, 2.24) is 9.80 Å². The second-order valence-corrected chi connectivity index (χ2v) is 8.07. The molecule has 0 spiro atoms. The number of thioether (sulfide) groups is 1. The fourth-order valence-electron chi connectivity index (χ4n) is 3.94. The molecule has 0 aromatic heterocycles. The standard InChI is InChI=1S/C19H23N3OS/c1-14-16(24-18-20-10-12-22(14)18)17(23)21-11-6-9-19(2,13-21)15-7-4-3-5-8-15/h3-5,7-8H,6,9-13H2,1-2H3/t19-/m0/s1. The number of fused-ring (bicyclic) bond motifs is 1. The summed E-state index contributed by atoms with van der Waals surface area (Å²) in [5.41, 5.74) is 2.45. The van der Waals surface area contributed by atoms with Gasteiger partial charge in [-0.05, 0) is 37.1 Å². The Hall–Kier alpha value is -1.75. The lowest BCUT2D eigenvalue weighted by molar-refractivity contribution is -0.128. The Kier molecular flexibility index (Phi) is 3.91. The van der Waals surface area contributed by atoms with E-state index in [2.05, 4.69) is 54.1 Å². The molecule has 4 rings (SSSR count). The Morgan fingerprint density at radius 3 is 2.79 bits per heavy atom. The number of rotatable bonds is 2. The smallest absolute Gasteiger partial charge is 0.262 e. The third-order valence-corrected chi connectivity index (χ3v) is 6.58. The molecule has 3 aliphatic rings. The molecule has 3 aliphatic heterocycles. The van der Waals surface area contributed by atoms with Gasteiger partial charge in [-0.3, -0.25) is 9.79 Å².